The van der Waals surface area contributed by atoms with Crippen molar-refractivity contribution in [1.29, 1.82) is 0 Å². The first-order valence-electron chi connectivity index (χ1n) is 19.6. The molecule has 0 N–H and O–H groups in total. The van der Waals surface area contributed by atoms with Gasteiger partial charge in [-0.3, -0.25) is 0 Å². The van der Waals surface area contributed by atoms with E-state index in [4.69, 9.17) is 54.1 Å². The third-order valence-corrected chi connectivity index (χ3v) is 10.4. The Morgan fingerprint density at radius 1 is 0.540 bits per heavy atom. The van der Waals surface area contributed by atoms with Crippen molar-refractivity contribution >= 4 is 66.4 Å². The van der Waals surface area contributed by atoms with Gasteiger partial charge in [-0.1, -0.05) is 97.1 Å². The second-order valence-corrected chi connectivity index (χ2v) is 18.2. The maximum absolute atomic E-state index is 11.9. The monoisotopic (exact) mass is 915 g/mol. The number of aromatic nitrogens is 8. The van der Waals surface area contributed by atoms with E-state index in [0.29, 0.717) is 50.2 Å². The summed E-state index contributed by atoms with van der Waals surface area (Å²) in [6.45, 7) is 9.15. The van der Waals surface area contributed by atoms with E-state index in [2.05, 4.69) is 0 Å². The van der Waals surface area contributed by atoms with Crippen molar-refractivity contribution in [3.63, 3.8) is 0 Å². The second kappa shape index (κ2) is 17.3. The molecule has 18 heteroatoms. The number of benzene rings is 4. The van der Waals surface area contributed by atoms with E-state index in [1.807, 2.05) is 97.1 Å². The summed E-state index contributed by atoms with van der Waals surface area (Å²) in [5.41, 5.74) is 4.22. The zero-order chi connectivity index (χ0) is 44.0. The van der Waals surface area contributed by atoms with E-state index in [9.17, 15) is 18.0 Å². The third kappa shape index (κ3) is 9.72. The molecule has 0 radical (unpaired) electrons. The van der Waals surface area contributed by atoms with Crippen molar-refractivity contribution in [3.8, 4) is 45.6 Å². The summed E-state index contributed by atoms with van der Waals surface area (Å²) in [7, 11) is -3.84. The van der Waals surface area contributed by atoms with Gasteiger partial charge in [-0.15, -0.1) is 0 Å². The van der Waals surface area contributed by atoms with E-state index in [0.717, 1.165) is 50.1 Å². The molecule has 1 amide bonds. The van der Waals surface area contributed by atoms with Crippen LogP contribution in [0.15, 0.2) is 97.1 Å². The molecule has 5 heterocycles. The molecular weight excluding hydrogens is 876 g/mol. The van der Waals surface area contributed by atoms with Crippen LogP contribution in [0.4, 0.5) is 9.59 Å². The van der Waals surface area contributed by atoms with Crippen LogP contribution in [0.1, 0.15) is 41.5 Å². The van der Waals surface area contributed by atoms with Crippen LogP contribution in [0.25, 0.3) is 89.7 Å². The number of carbonyl (C=O) groups excluding carboxylic acids is 2. The van der Waals surface area contributed by atoms with Gasteiger partial charge in [-0.2, -0.15) is 0 Å². The summed E-state index contributed by atoms with van der Waals surface area (Å²) in [4.78, 5) is 62.5. The Morgan fingerprint density at radius 3 is 1.16 bits per heavy atom. The molecule has 63 heavy (non-hydrogen) atoms. The summed E-state index contributed by atoms with van der Waals surface area (Å²) in [6, 6.07) is 31.8. The fraction of sp³-hybridized carbons (Fsp3) is 0.244. The van der Waals surface area contributed by atoms with Gasteiger partial charge in [-0.25, -0.2) is 32.3 Å². The van der Waals surface area contributed by atoms with Gasteiger partial charge < -0.3 is 44.1 Å². The van der Waals surface area contributed by atoms with Crippen LogP contribution in [-0.4, -0.2) is 85.5 Å². The SMILES string of the molecule is CC(C)(C)OC(=O)OCCN(C(=O)OC(C)(C)C)S(C)(=O)=O.[Zn+2].c1ccc2c(c1)-c1nc-2nc2[n-]c(nc3nc(nc4[n-]c(n1)c1ccccc41)-c1ccccc1-3)c1ccccc21. The quantitative estimate of drug-likeness (QED) is 0.120. The number of hydrogen-bond donors (Lipinski definition) is 0. The molecule has 316 valence electrons. The first-order chi connectivity index (χ1) is 29.4. The van der Waals surface area contributed by atoms with Gasteiger partial charge in [0.25, 0.3) is 0 Å². The van der Waals surface area contributed by atoms with Crippen LogP contribution in [-0.2, 0) is 43.7 Å². The van der Waals surface area contributed by atoms with Crippen molar-refractivity contribution in [3.05, 3.63) is 97.1 Å². The molecule has 16 nitrogen and oxygen atoms in total. The normalized spacial score (nSPS) is 12.0. The predicted octanol–water partition coefficient (Wildman–Crippen LogP) is 8.26. The van der Waals surface area contributed by atoms with Crippen LogP contribution in [0, 0.1) is 0 Å². The fourth-order valence-electron chi connectivity index (χ4n) is 6.66. The van der Waals surface area contributed by atoms with E-state index in [1.165, 1.54) is 0 Å². The predicted molar refractivity (Wildman–Crippen MR) is 234 cm³/mol. The fourth-order valence-corrected chi connectivity index (χ4v) is 7.37. The Labute approximate surface area is 375 Å². The summed E-state index contributed by atoms with van der Waals surface area (Å²) >= 11 is 0. The Kier molecular flexibility index (Phi) is 12.2. The second-order valence-electron chi connectivity index (χ2n) is 16.3. The van der Waals surface area contributed by atoms with Gasteiger partial charge in [-0.05, 0) is 63.1 Å². The van der Waals surface area contributed by atoms with Crippen molar-refractivity contribution in [2.24, 2.45) is 0 Å². The van der Waals surface area contributed by atoms with Crippen LogP contribution < -0.4 is 9.97 Å². The van der Waals surface area contributed by atoms with Crippen LogP contribution in [0.5, 0.6) is 0 Å². The number of nitrogens with zero attached hydrogens (tertiary/aromatic N) is 9. The largest absolute Gasteiger partial charge is 2.00 e. The first-order valence-corrected chi connectivity index (χ1v) is 21.4. The number of fused-ring (bicyclic) bond motifs is 20. The standard InChI is InChI=1S/C32H16N8.C13H25NO7S.Zn/c1-2-10-18-17(9-1)25-33-26(18)38-28-21-13-5-6-14-22(21)30(35-28)40-32-24-16-8-7-15-23(24)31(36-32)39-29-20-12-4-3-11-19(20)27(34-29)37-25;1-12(2,3)20-10(15)14(22(7,17)18)8-9-19-11(16)21-13(4,5)6;/h1-16H;8-9H2,1-7H3;/q-2;;+2. The average molecular weight is 917 g/mol. The van der Waals surface area contributed by atoms with Crippen molar-refractivity contribution in [2.45, 2.75) is 52.7 Å². The molecule has 0 unspecified atom stereocenters. The minimum atomic E-state index is -3.84. The van der Waals surface area contributed by atoms with E-state index >= 15 is 0 Å². The van der Waals surface area contributed by atoms with Crippen LogP contribution in [0.2, 0.25) is 0 Å². The number of sulfonamides is 1. The van der Waals surface area contributed by atoms with Gasteiger partial charge in [0.1, 0.15) is 17.8 Å². The number of carbonyl (C=O) groups is 2. The topological polar surface area (TPSA) is 205 Å². The minimum Gasteiger partial charge on any atom is -0.443 e. The smallest absolute Gasteiger partial charge is 0.443 e. The zero-order valence-electron chi connectivity index (χ0n) is 35.6. The minimum absolute atomic E-state index is 0. The third-order valence-electron chi connectivity index (χ3n) is 9.23. The Morgan fingerprint density at radius 2 is 0.857 bits per heavy atom. The Bertz CT molecular complexity index is 2870. The molecule has 2 aliphatic heterocycles. The van der Waals surface area contributed by atoms with Gasteiger partial charge in [0.2, 0.25) is 10.0 Å². The summed E-state index contributed by atoms with van der Waals surface area (Å²) in [5, 5.41) is 3.57. The Balaban J connectivity index is 0.000000224. The van der Waals surface area contributed by atoms with Crippen molar-refractivity contribution in [2.75, 3.05) is 19.4 Å². The van der Waals surface area contributed by atoms with Gasteiger partial charge in [0.15, 0.2) is 0 Å². The van der Waals surface area contributed by atoms with Gasteiger partial charge in [0.05, 0.1) is 36.1 Å². The number of rotatable bonds is 4. The van der Waals surface area contributed by atoms with Crippen molar-refractivity contribution in [1.82, 2.24) is 44.2 Å². The molecule has 8 bridgehead atoms. The van der Waals surface area contributed by atoms with Gasteiger partial charge in [0, 0.05) is 44.8 Å². The van der Waals surface area contributed by atoms with Gasteiger partial charge >= 0.3 is 31.7 Å². The van der Waals surface area contributed by atoms with Crippen LogP contribution in [0.3, 0.4) is 0 Å². The molecule has 0 atom stereocenters. The molecule has 4 aromatic carbocycles. The maximum Gasteiger partial charge on any atom is 2.00 e. The van der Waals surface area contributed by atoms with E-state index in [1.54, 1.807) is 41.5 Å². The average Bonchev–Trinajstić information content (AvgIpc) is 3.94. The molecular formula is C45H41N9O7SZn. The molecule has 3 aromatic heterocycles. The van der Waals surface area contributed by atoms with E-state index < -0.39 is 33.5 Å². The van der Waals surface area contributed by atoms with Crippen LogP contribution >= 0.6 is 0 Å². The van der Waals surface area contributed by atoms with E-state index in [-0.39, 0.29) is 32.6 Å². The molecule has 0 spiro atoms. The molecule has 0 aliphatic carbocycles. The zero-order valence-corrected chi connectivity index (χ0v) is 39.4. The first kappa shape index (κ1) is 44.4. The summed E-state index contributed by atoms with van der Waals surface area (Å²) in [6.07, 6.45) is -1.10. The molecule has 7 aromatic rings. The molecule has 0 saturated carbocycles. The molecule has 0 saturated heterocycles. The summed E-state index contributed by atoms with van der Waals surface area (Å²) in [5.74, 6) is 2.21. The summed E-state index contributed by atoms with van der Waals surface area (Å²) < 4.78 is 38.4. The molecule has 9 rings (SSSR count). The number of hydrogen-bond acceptors (Lipinski definition) is 13. The Hall–Kier alpha value is -6.65. The molecule has 2 aliphatic rings. The number of ether oxygens (including phenoxy) is 3. The number of amides is 1. The van der Waals surface area contributed by atoms with Crippen molar-refractivity contribution < 1.29 is 51.7 Å². The molecule has 0 fully saturated rings. The maximum atomic E-state index is 11.9.